The van der Waals surface area contributed by atoms with Gasteiger partial charge in [-0.25, -0.2) is 0 Å². The van der Waals surface area contributed by atoms with E-state index < -0.39 is 0 Å². The molecule has 1 fully saturated rings. The van der Waals surface area contributed by atoms with Gasteiger partial charge >= 0.3 is 0 Å². The second-order valence-corrected chi connectivity index (χ2v) is 11.4. The predicted octanol–water partition coefficient (Wildman–Crippen LogP) is 5.99. The van der Waals surface area contributed by atoms with Gasteiger partial charge in [-0.15, -0.1) is 10.2 Å². The number of hydrogen-bond donors (Lipinski definition) is 1. The normalized spacial score (nSPS) is 15.1. The molecule has 5 nitrogen and oxygen atoms in total. The Morgan fingerprint density at radius 3 is 2.48 bits per heavy atom. The van der Waals surface area contributed by atoms with E-state index in [1.54, 1.807) is 11.8 Å². The zero-order chi connectivity index (χ0) is 23.0. The third kappa shape index (κ3) is 7.39. The van der Waals surface area contributed by atoms with Crippen LogP contribution in [0.15, 0.2) is 58.9 Å². The lowest BCUT2D eigenvalue weighted by Gasteiger charge is -2.32. The summed E-state index contributed by atoms with van der Waals surface area (Å²) >= 11 is 3.11. The molecule has 33 heavy (non-hydrogen) atoms. The Hall–Kier alpha value is -2.22. The molecule has 1 N–H and O–H groups in total. The van der Waals surface area contributed by atoms with Crippen LogP contribution in [0.1, 0.15) is 48.2 Å². The van der Waals surface area contributed by atoms with Gasteiger partial charge in [0.1, 0.15) is 0 Å². The van der Waals surface area contributed by atoms with Gasteiger partial charge in [-0.2, -0.15) is 0 Å². The molecule has 174 valence electrons. The first-order chi connectivity index (χ1) is 16.0. The maximum Gasteiger partial charge on any atom is 0.257 e. The van der Waals surface area contributed by atoms with E-state index >= 15 is 0 Å². The summed E-state index contributed by atoms with van der Waals surface area (Å²) in [4.78, 5) is 15.1. The molecule has 1 aliphatic rings. The second kappa shape index (κ2) is 11.8. The van der Waals surface area contributed by atoms with Crippen LogP contribution in [0.25, 0.3) is 0 Å². The number of aromatic nitrogens is 2. The molecule has 2 aromatic carbocycles. The fraction of sp³-hybridized carbons (Fsp3) is 0.423. The third-order valence-electron chi connectivity index (χ3n) is 5.86. The van der Waals surface area contributed by atoms with Gasteiger partial charge in [-0.3, -0.25) is 15.0 Å². The Bertz CT molecular complexity index is 1010. The molecule has 4 rings (SSSR count). The van der Waals surface area contributed by atoms with Crippen molar-refractivity contribution in [2.45, 2.75) is 44.0 Å². The van der Waals surface area contributed by atoms with Crippen LogP contribution < -0.4 is 5.32 Å². The maximum absolute atomic E-state index is 12.6. The van der Waals surface area contributed by atoms with Crippen LogP contribution in [0.4, 0.5) is 5.13 Å². The number of hydrogen-bond acceptors (Lipinski definition) is 6. The molecule has 0 spiro atoms. The number of amides is 1. The first-order valence-corrected chi connectivity index (χ1v) is 13.5. The monoisotopic (exact) mass is 480 g/mol. The van der Waals surface area contributed by atoms with E-state index in [1.165, 1.54) is 41.7 Å². The lowest BCUT2D eigenvalue weighted by atomic mass is 9.90. The van der Waals surface area contributed by atoms with Crippen LogP contribution in [0.3, 0.4) is 0 Å². The summed E-state index contributed by atoms with van der Waals surface area (Å²) in [5.74, 6) is 2.23. The number of rotatable bonds is 9. The van der Waals surface area contributed by atoms with Crippen LogP contribution in [-0.4, -0.2) is 39.8 Å². The highest BCUT2D eigenvalue weighted by Crippen LogP contribution is 2.27. The van der Waals surface area contributed by atoms with Crippen molar-refractivity contribution < 1.29 is 4.79 Å². The molecule has 2 heterocycles. The predicted molar refractivity (Wildman–Crippen MR) is 138 cm³/mol. The van der Waals surface area contributed by atoms with Crippen molar-refractivity contribution >= 4 is 34.1 Å². The molecule has 1 aromatic heterocycles. The zero-order valence-electron chi connectivity index (χ0n) is 19.4. The number of carbonyl (C=O) groups excluding carboxylic acids is 1. The fourth-order valence-corrected chi connectivity index (χ4v) is 5.77. The molecule has 0 bridgehead atoms. The highest BCUT2D eigenvalue weighted by atomic mass is 32.2. The Balaban J connectivity index is 1.23. The van der Waals surface area contributed by atoms with Gasteiger partial charge < -0.3 is 0 Å². The largest absolute Gasteiger partial charge is 0.299 e. The van der Waals surface area contributed by atoms with Gasteiger partial charge in [0.05, 0.1) is 0 Å². The Kier molecular flexibility index (Phi) is 8.53. The van der Waals surface area contributed by atoms with E-state index in [0.29, 0.717) is 16.6 Å². The topological polar surface area (TPSA) is 58.1 Å². The van der Waals surface area contributed by atoms with E-state index in [-0.39, 0.29) is 5.91 Å². The summed E-state index contributed by atoms with van der Waals surface area (Å²) in [5, 5.41) is 11.7. The zero-order valence-corrected chi connectivity index (χ0v) is 21.0. The van der Waals surface area contributed by atoms with Crippen molar-refractivity contribution in [3.63, 3.8) is 0 Å². The van der Waals surface area contributed by atoms with Gasteiger partial charge in [-0.05, 0) is 67.4 Å². The average Bonchev–Trinajstić information content (AvgIpc) is 3.27. The number of thioether (sulfide) groups is 1. The quantitative estimate of drug-likeness (QED) is 0.301. The van der Waals surface area contributed by atoms with E-state index in [0.717, 1.165) is 35.6 Å². The van der Waals surface area contributed by atoms with E-state index in [2.05, 4.69) is 76.7 Å². The van der Waals surface area contributed by atoms with Crippen molar-refractivity contribution in [2.75, 3.05) is 24.2 Å². The molecule has 0 atom stereocenters. The van der Waals surface area contributed by atoms with Crippen molar-refractivity contribution in [1.82, 2.24) is 15.1 Å². The molecular weight excluding hydrogens is 448 g/mol. The SMILES string of the molecule is CC(C)CSc1nnc(NC(=O)c2ccc(CN3CCC(Cc4ccccc4)CC3)cc2)s1. The molecular formula is C26H32N4OS2. The maximum atomic E-state index is 12.6. The Morgan fingerprint density at radius 1 is 1.06 bits per heavy atom. The molecule has 3 aromatic rings. The minimum atomic E-state index is -0.139. The number of anilines is 1. The molecule has 0 aliphatic carbocycles. The van der Waals surface area contributed by atoms with Crippen LogP contribution >= 0.6 is 23.1 Å². The van der Waals surface area contributed by atoms with Crippen molar-refractivity contribution in [3.05, 3.63) is 71.3 Å². The summed E-state index contributed by atoms with van der Waals surface area (Å²) in [7, 11) is 0. The smallest absolute Gasteiger partial charge is 0.257 e. The van der Waals surface area contributed by atoms with Crippen LogP contribution in [0.2, 0.25) is 0 Å². The summed E-state index contributed by atoms with van der Waals surface area (Å²) < 4.78 is 0.891. The van der Waals surface area contributed by atoms with Gasteiger partial charge in [0.15, 0.2) is 4.34 Å². The van der Waals surface area contributed by atoms with Crippen LogP contribution in [0.5, 0.6) is 0 Å². The Labute approximate surface area is 205 Å². The number of benzene rings is 2. The summed E-state index contributed by atoms with van der Waals surface area (Å²) in [6.07, 6.45) is 3.67. The molecule has 1 aliphatic heterocycles. The van der Waals surface area contributed by atoms with Crippen LogP contribution in [0, 0.1) is 11.8 Å². The lowest BCUT2D eigenvalue weighted by molar-refractivity contribution is 0.102. The molecule has 0 radical (unpaired) electrons. The third-order valence-corrected chi connectivity index (χ3v) is 8.26. The minimum Gasteiger partial charge on any atom is -0.299 e. The van der Waals surface area contributed by atoms with Gasteiger partial charge in [0.25, 0.3) is 5.91 Å². The number of nitrogens with one attached hydrogen (secondary N) is 1. The lowest BCUT2D eigenvalue weighted by Crippen LogP contribution is -2.33. The number of nitrogens with zero attached hydrogens (tertiary/aromatic N) is 3. The van der Waals surface area contributed by atoms with Gasteiger partial charge in [0, 0.05) is 17.9 Å². The second-order valence-electron chi connectivity index (χ2n) is 9.14. The molecule has 1 amide bonds. The summed E-state index contributed by atoms with van der Waals surface area (Å²) in [5.41, 5.74) is 3.34. The van der Waals surface area contributed by atoms with Crippen molar-refractivity contribution in [2.24, 2.45) is 11.8 Å². The van der Waals surface area contributed by atoms with Crippen LogP contribution in [-0.2, 0) is 13.0 Å². The van der Waals surface area contributed by atoms with E-state index in [4.69, 9.17) is 0 Å². The molecule has 0 saturated carbocycles. The molecule has 7 heteroatoms. The summed E-state index contributed by atoms with van der Waals surface area (Å²) in [6, 6.07) is 18.8. The standard InChI is InChI=1S/C26H32N4OS2/c1-19(2)18-32-26-29-28-25(33-26)27-24(31)23-10-8-22(9-11-23)17-30-14-12-21(13-15-30)16-20-6-4-3-5-7-20/h3-11,19,21H,12-18H2,1-2H3,(H,27,28,31). The first kappa shape index (κ1) is 23.9. The van der Waals surface area contributed by atoms with E-state index in [9.17, 15) is 4.79 Å². The molecule has 0 unspecified atom stereocenters. The van der Waals surface area contributed by atoms with Gasteiger partial charge in [-0.1, -0.05) is 79.4 Å². The number of carbonyl (C=O) groups is 1. The first-order valence-electron chi connectivity index (χ1n) is 11.7. The summed E-state index contributed by atoms with van der Waals surface area (Å²) in [6.45, 7) is 7.55. The average molecular weight is 481 g/mol. The minimum absolute atomic E-state index is 0.139. The molecule has 1 saturated heterocycles. The van der Waals surface area contributed by atoms with Crippen molar-refractivity contribution in [3.8, 4) is 0 Å². The van der Waals surface area contributed by atoms with Gasteiger partial charge in [0.2, 0.25) is 5.13 Å². The number of likely N-dealkylation sites (tertiary alicyclic amines) is 1. The highest BCUT2D eigenvalue weighted by molar-refractivity contribution is 8.01. The highest BCUT2D eigenvalue weighted by Gasteiger charge is 2.19. The fourth-order valence-electron chi connectivity index (χ4n) is 4.04. The Morgan fingerprint density at radius 2 is 1.79 bits per heavy atom. The number of piperidine rings is 1. The van der Waals surface area contributed by atoms with Crippen molar-refractivity contribution in [1.29, 1.82) is 0 Å². The van der Waals surface area contributed by atoms with E-state index in [1.807, 2.05) is 12.1 Å².